The fraction of sp³-hybridized carbons (Fsp3) is 0.350. The van der Waals surface area contributed by atoms with Crippen molar-refractivity contribution < 1.29 is 9.18 Å². The van der Waals surface area contributed by atoms with Crippen LogP contribution in [0.25, 0.3) is 0 Å². The molecule has 0 aromatic heterocycles. The monoisotopic (exact) mass is 375 g/mol. The lowest BCUT2D eigenvalue weighted by molar-refractivity contribution is 0.102. The van der Waals surface area contributed by atoms with Gasteiger partial charge in [-0.2, -0.15) is 0 Å². The van der Waals surface area contributed by atoms with Gasteiger partial charge in [-0.25, -0.2) is 4.39 Å². The van der Waals surface area contributed by atoms with Crippen molar-refractivity contribution in [3.05, 3.63) is 59.9 Å². The maximum Gasteiger partial charge on any atom is 0.255 e. The first-order valence-corrected chi connectivity index (χ1v) is 9.22. The van der Waals surface area contributed by atoms with E-state index in [0.717, 1.165) is 38.2 Å². The third kappa shape index (κ3) is 4.74. The number of piperidine rings is 1. The first kappa shape index (κ1) is 18.7. The van der Waals surface area contributed by atoms with Gasteiger partial charge in [-0.05, 0) is 61.9 Å². The molecule has 138 valence electrons. The van der Waals surface area contributed by atoms with Crippen LogP contribution in [-0.4, -0.2) is 35.4 Å². The first-order chi connectivity index (χ1) is 12.5. The molecule has 0 bridgehead atoms. The maximum atomic E-state index is 13.0. The van der Waals surface area contributed by atoms with Gasteiger partial charge in [0.25, 0.3) is 5.91 Å². The largest absolute Gasteiger partial charge is 0.367 e. The Morgan fingerprint density at radius 1 is 1.15 bits per heavy atom. The van der Waals surface area contributed by atoms with Crippen molar-refractivity contribution in [1.29, 1.82) is 0 Å². The number of likely N-dealkylation sites (tertiary alicyclic amines) is 1. The highest BCUT2D eigenvalue weighted by atomic mass is 35.5. The Balaban J connectivity index is 1.64. The van der Waals surface area contributed by atoms with Crippen molar-refractivity contribution in [3.63, 3.8) is 0 Å². The molecule has 0 radical (unpaired) electrons. The summed E-state index contributed by atoms with van der Waals surface area (Å²) >= 11 is 6.74. The number of rotatable bonds is 5. The lowest BCUT2D eigenvalue weighted by atomic mass is 10.0. The van der Waals surface area contributed by atoms with Crippen LogP contribution in [0, 0.1) is 5.82 Å². The van der Waals surface area contributed by atoms with E-state index in [1.165, 1.54) is 24.3 Å². The van der Waals surface area contributed by atoms with E-state index >= 15 is 0 Å². The topological polar surface area (TPSA) is 44.4 Å². The van der Waals surface area contributed by atoms with Gasteiger partial charge >= 0.3 is 0 Å². The number of nitrogens with zero attached hydrogens (tertiary/aromatic N) is 1. The van der Waals surface area contributed by atoms with Crippen molar-refractivity contribution in [2.75, 3.05) is 30.3 Å². The van der Waals surface area contributed by atoms with E-state index in [2.05, 4.69) is 22.5 Å². The fourth-order valence-electron chi connectivity index (χ4n) is 3.09. The highest BCUT2D eigenvalue weighted by Gasteiger charge is 2.31. The van der Waals surface area contributed by atoms with Crippen LogP contribution in [0.1, 0.15) is 30.1 Å². The van der Waals surface area contributed by atoms with Crippen LogP contribution in [-0.2, 0) is 0 Å². The zero-order chi connectivity index (χ0) is 18.6. The van der Waals surface area contributed by atoms with Gasteiger partial charge in [-0.15, -0.1) is 0 Å². The van der Waals surface area contributed by atoms with Gasteiger partial charge in [-0.1, -0.05) is 24.6 Å². The average Bonchev–Trinajstić information content (AvgIpc) is 2.63. The summed E-state index contributed by atoms with van der Waals surface area (Å²) in [7, 11) is 0. The number of hydrogen-bond acceptors (Lipinski definition) is 3. The number of carbonyl (C=O) groups excluding carboxylic acids is 1. The number of anilines is 2. The molecule has 0 saturated carbocycles. The average molecular weight is 376 g/mol. The fourth-order valence-corrected chi connectivity index (χ4v) is 3.36. The van der Waals surface area contributed by atoms with Gasteiger partial charge < -0.3 is 15.5 Å². The molecule has 0 unspecified atom stereocenters. The molecule has 6 heteroatoms. The molecule has 3 rings (SSSR count). The molecule has 1 aliphatic rings. The quantitative estimate of drug-likeness (QED) is 0.595. The second-order valence-electron chi connectivity index (χ2n) is 6.57. The molecule has 1 fully saturated rings. The Morgan fingerprint density at radius 3 is 2.46 bits per heavy atom. The minimum Gasteiger partial charge on any atom is -0.367 e. The normalized spacial score (nSPS) is 16.9. The van der Waals surface area contributed by atoms with Gasteiger partial charge in [0.1, 0.15) is 10.8 Å². The molecule has 0 atom stereocenters. The van der Waals surface area contributed by atoms with Crippen LogP contribution in [0.4, 0.5) is 15.8 Å². The Morgan fingerprint density at radius 2 is 1.81 bits per heavy atom. The van der Waals surface area contributed by atoms with Gasteiger partial charge in [0, 0.05) is 30.0 Å². The highest BCUT2D eigenvalue weighted by Crippen LogP contribution is 2.31. The molecule has 1 aliphatic heterocycles. The second-order valence-corrected chi connectivity index (χ2v) is 7.29. The predicted octanol–water partition coefficient (Wildman–Crippen LogP) is 4.54. The summed E-state index contributed by atoms with van der Waals surface area (Å²) in [5, 5.41) is 6.23. The Labute approximate surface area is 158 Å². The Bertz CT molecular complexity index is 758. The Kier molecular flexibility index (Phi) is 5.79. The van der Waals surface area contributed by atoms with Crippen molar-refractivity contribution in [1.82, 2.24) is 4.90 Å². The molecule has 26 heavy (non-hydrogen) atoms. The summed E-state index contributed by atoms with van der Waals surface area (Å²) < 4.78 is 13.0. The number of hydrogen-bond donors (Lipinski definition) is 2. The number of halogens is 2. The first-order valence-electron chi connectivity index (χ1n) is 8.84. The summed E-state index contributed by atoms with van der Waals surface area (Å²) in [6.45, 7) is 5.13. The number of benzene rings is 2. The molecule has 1 amide bonds. The number of alkyl halides is 1. The van der Waals surface area contributed by atoms with E-state index in [1.807, 2.05) is 24.3 Å². The van der Waals surface area contributed by atoms with Gasteiger partial charge in [0.05, 0.1) is 0 Å². The Hall–Kier alpha value is -2.11. The van der Waals surface area contributed by atoms with E-state index in [1.54, 1.807) is 0 Å². The van der Waals surface area contributed by atoms with E-state index in [4.69, 9.17) is 11.6 Å². The van der Waals surface area contributed by atoms with Crippen LogP contribution < -0.4 is 10.6 Å². The summed E-state index contributed by atoms with van der Waals surface area (Å²) in [5.74, 6) is -0.645. The summed E-state index contributed by atoms with van der Waals surface area (Å²) in [6.07, 6.45) is 1.71. The van der Waals surface area contributed by atoms with Crippen LogP contribution in [0.5, 0.6) is 0 Å². The number of carbonyl (C=O) groups is 1. The molecule has 2 N–H and O–H groups in total. The van der Waals surface area contributed by atoms with Crippen LogP contribution in [0.3, 0.4) is 0 Å². The van der Waals surface area contributed by atoms with Crippen molar-refractivity contribution in [2.45, 2.75) is 24.8 Å². The molecule has 1 heterocycles. The number of nitrogens with one attached hydrogen (secondary N) is 2. The zero-order valence-electron chi connectivity index (χ0n) is 14.8. The highest BCUT2D eigenvalue weighted by molar-refractivity contribution is 6.25. The number of amides is 1. The third-order valence-corrected chi connectivity index (χ3v) is 5.16. The second kappa shape index (κ2) is 8.06. The minimum absolute atomic E-state index is 0.279. The maximum absolute atomic E-state index is 13.0. The molecule has 4 nitrogen and oxygen atoms in total. The van der Waals surface area contributed by atoms with Crippen LogP contribution in [0.15, 0.2) is 48.5 Å². The third-order valence-electron chi connectivity index (χ3n) is 4.69. The molecule has 2 aromatic rings. The molecule has 0 spiro atoms. The van der Waals surface area contributed by atoms with Gasteiger partial charge in [0.15, 0.2) is 0 Å². The van der Waals surface area contributed by atoms with E-state index in [9.17, 15) is 9.18 Å². The van der Waals surface area contributed by atoms with Gasteiger partial charge in [0.2, 0.25) is 0 Å². The van der Waals surface area contributed by atoms with Crippen molar-refractivity contribution in [3.8, 4) is 0 Å². The molecule has 0 aliphatic carbocycles. The van der Waals surface area contributed by atoms with Gasteiger partial charge in [-0.3, -0.25) is 4.79 Å². The van der Waals surface area contributed by atoms with Crippen LogP contribution >= 0.6 is 11.6 Å². The van der Waals surface area contributed by atoms with Crippen LogP contribution in [0.2, 0.25) is 0 Å². The smallest absolute Gasteiger partial charge is 0.255 e. The molecule has 1 saturated heterocycles. The van der Waals surface area contributed by atoms with E-state index in [-0.39, 0.29) is 11.7 Å². The van der Waals surface area contributed by atoms with Crippen molar-refractivity contribution >= 4 is 28.9 Å². The molecule has 2 aromatic carbocycles. The molecular formula is C20H23ClFN3O. The predicted molar refractivity (Wildman–Crippen MR) is 104 cm³/mol. The van der Waals surface area contributed by atoms with E-state index < -0.39 is 5.00 Å². The SMILES string of the molecule is CCN1CCC(Cl)(Nc2cccc(NC(=O)c3ccc(F)cc3)c2)CC1. The zero-order valence-corrected chi connectivity index (χ0v) is 15.5. The van der Waals surface area contributed by atoms with E-state index in [0.29, 0.717) is 11.3 Å². The summed E-state index contributed by atoms with van der Waals surface area (Å²) in [4.78, 5) is 14.2. The lowest BCUT2D eigenvalue weighted by Gasteiger charge is -2.38. The lowest BCUT2D eigenvalue weighted by Crippen LogP contribution is -2.45. The minimum atomic E-state index is -0.467. The summed E-state index contributed by atoms with van der Waals surface area (Å²) in [5.41, 5.74) is 1.93. The standard InChI is InChI=1S/C20H23ClFN3O/c1-2-25-12-10-20(21,11-13-25)24-18-5-3-4-17(14-18)23-19(26)15-6-8-16(22)9-7-15/h3-9,14,24H,2,10-13H2,1H3,(H,23,26). The van der Waals surface area contributed by atoms with Crippen molar-refractivity contribution in [2.24, 2.45) is 0 Å². The molecular weight excluding hydrogens is 353 g/mol. The summed E-state index contributed by atoms with van der Waals surface area (Å²) in [6, 6.07) is 12.9.